The predicted octanol–water partition coefficient (Wildman–Crippen LogP) is 5.66. The third kappa shape index (κ3) is 4.62. The Morgan fingerprint density at radius 3 is 2.65 bits per heavy atom. The van der Waals surface area contributed by atoms with Crippen molar-refractivity contribution in [3.63, 3.8) is 0 Å². The second-order valence-corrected chi connectivity index (χ2v) is 7.37. The number of nitrogens with one attached hydrogen (secondary N) is 1. The average Bonchev–Trinajstić information content (AvgIpc) is 3.16. The van der Waals surface area contributed by atoms with Gasteiger partial charge in [-0.25, -0.2) is 5.43 Å². The number of hydrogen-bond acceptors (Lipinski definition) is 3. The molecule has 0 aliphatic rings. The maximum Gasteiger partial charge on any atom is 0.275 e. The van der Waals surface area contributed by atoms with Crippen LogP contribution in [-0.2, 0) is 13.2 Å². The minimum absolute atomic E-state index is 0.268. The second kappa shape index (κ2) is 9.49. The van der Waals surface area contributed by atoms with E-state index in [0.717, 1.165) is 28.6 Å². The molecule has 6 heteroatoms. The van der Waals surface area contributed by atoms with E-state index < -0.39 is 0 Å². The van der Waals surface area contributed by atoms with Gasteiger partial charge in [0.15, 0.2) is 0 Å². The molecule has 0 aliphatic carbocycles. The van der Waals surface area contributed by atoms with E-state index >= 15 is 0 Å². The number of aryl methyl sites for hydroxylation is 1. The Bertz CT molecular complexity index is 1250. The van der Waals surface area contributed by atoms with Crippen molar-refractivity contribution >= 4 is 34.6 Å². The van der Waals surface area contributed by atoms with Crippen LogP contribution in [0.15, 0.2) is 84.1 Å². The molecule has 0 aliphatic heterocycles. The maximum absolute atomic E-state index is 12.7. The summed E-state index contributed by atoms with van der Waals surface area (Å²) in [7, 11) is 0. The fourth-order valence-electron chi connectivity index (χ4n) is 3.41. The van der Waals surface area contributed by atoms with Crippen molar-refractivity contribution in [3.8, 4) is 5.75 Å². The van der Waals surface area contributed by atoms with Crippen molar-refractivity contribution in [1.82, 2.24) is 9.99 Å². The minimum Gasteiger partial charge on any atom is -0.488 e. The highest BCUT2D eigenvalue weighted by molar-refractivity contribution is 6.31. The predicted molar refractivity (Wildman–Crippen MR) is 125 cm³/mol. The molecule has 0 saturated carbocycles. The SMILES string of the molecule is CCn1cc(/C=N/NC(=O)c2ccccc2OCc2ccccc2Cl)c2ccccc21. The van der Waals surface area contributed by atoms with Crippen molar-refractivity contribution in [2.45, 2.75) is 20.1 Å². The standard InChI is InChI=1S/C25H22ClN3O2/c1-2-29-16-19(20-10-4-7-13-23(20)29)15-27-28-25(30)21-11-5-8-14-24(21)31-17-18-9-3-6-12-22(18)26/h3-16H,2,17H2,1H3,(H,28,30)/b27-15+. The van der Waals surface area contributed by atoms with Gasteiger partial charge in [0, 0.05) is 39.8 Å². The Morgan fingerprint density at radius 1 is 1.06 bits per heavy atom. The molecule has 156 valence electrons. The van der Waals surface area contributed by atoms with E-state index in [1.165, 1.54) is 0 Å². The lowest BCUT2D eigenvalue weighted by Gasteiger charge is -2.11. The molecule has 3 aromatic carbocycles. The summed E-state index contributed by atoms with van der Waals surface area (Å²) >= 11 is 6.19. The Morgan fingerprint density at radius 2 is 1.81 bits per heavy atom. The molecule has 1 heterocycles. The van der Waals surface area contributed by atoms with E-state index in [4.69, 9.17) is 16.3 Å². The first-order chi connectivity index (χ1) is 15.2. The van der Waals surface area contributed by atoms with E-state index in [0.29, 0.717) is 16.3 Å². The molecule has 4 aromatic rings. The number of nitrogens with zero attached hydrogens (tertiary/aromatic N) is 2. The van der Waals surface area contributed by atoms with Gasteiger partial charge in [-0.15, -0.1) is 0 Å². The van der Waals surface area contributed by atoms with E-state index in [-0.39, 0.29) is 12.5 Å². The molecular formula is C25H22ClN3O2. The van der Waals surface area contributed by atoms with Gasteiger partial charge in [0.25, 0.3) is 5.91 Å². The van der Waals surface area contributed by atoms with Gasteiger partial charge in [-0.2, -0.15) is 5.10 Å². The minimum atomic E-state index is -0.342. The molecule has 4 rings (SSSR count). The zero-order valence-corrected chi connectivity index (χ0v) is 17.8. The molecule has 1 amide bonds. The molecule has 0 atom stereocenters. The molecule has 0 radical (unpaired) electrons. The first-order valence-electron chi connectivity index (χ1n) is 10.0. The van der Waals surface area contributed by atoms with E-state index in [1.54, 1.807) is 24.4 Å². The maximum atomic E-state index is 12.7. The van der Waals surface area contributed by atoms with Crippen molar-refractivity contribution in [2.24, 2.45) is 5.10 Å². The van der Waals surface area contributed by atoms with Gasteiger partial charge in [-0.1, -0.05) is 60.1 Å². The van der Waals surface area contributed by atoms with Crippen LogP contribution >= 0.6 is 11.6 Å². The van der Waals surface area contributed by atoms with Crippen LogP contribution < -0.4 is 10.2 Å². The van der Waals surface area contributed by atoms with Crippen molar-refractivity contribution in [1.29, 1.82) is 0 Å². The number of hydrazone groups is 1. The van der Waals surface area contributed by atoms with Crippen molar-refractivity contribution in [3.05, 3.63) is 101 Å². The van der Waals surface area contributed by atoms with Gasteiger partial charge in [0.05, 0.1) is 11.8 Å². The van der Waals surface area contributed by atoms with Crippen LogP contribution in [0.3, 0.4) is 0 Å². The van der Waals surface area contributed by atoms with Crippen LogP contribution in [0.1, 0.15) is 28.4 Å². The monoisotopic (exact) mass is 431 g/mol. The van der Waals surface area contributed by atoms with Gasteiger partial charge in [-0.3, -0.25) is 4.79 Å². The number of amides is 1. The van der Waals surface area contributed by atoms with Crippen LogP contribution in [0.2, 0.25) is 5.02 Å². The first-order valence-corrected chi connectivity index (χ1v) is 10.4. The Balaban J connectivity index is 1.48. The highest BCUT2D eigenvalue weighted by Gasteiger charge is 2.12. The van der Waals surface area contributed by atoms with Gasteiger partial charge in [0.2, 0.25) is 0 Å². The summed E-state index contributed by atoms with van der Waals surface area (Å²) in [5, 5.41) is 5.89. The molecule has 0 saturated heterocycles. The van der Waals surface area contributed by atoms with E-state index in [9.17, 15) is 4.79 Å². The topological polar surface area (TPSA) is 55.6 Å². The molecular weight excluding hydrogens is 410 g/mol. The number of aromatic nitrogens is 1. The highest BCUT2D eigenvalue weighted by atomic mass is 35.5. The summed E-state index contributed by atoms with van der Waals surface area (Å²) in [4.78, 5) is 12.7. The average molecular weight is 432 g/mol. The van der Waals surface area contributed by atoms with E-state index in [1.807, 2.05) is 54.7 Å². The zero-order chi connectivity index (χ0) is 21.6. The highest BCUT2D eigenvalue weighted by Crippen LogP contribution is 2.22. The second-order valence-electron chi connectivity index (χ2n) is 6.96. The van der Waals surface area contributed by atoms with E-state index in [2.05, 4.69) is 28.1 Å². The molecule has 0 spiro atoms. The third-order valence-corrected chi connectivity index (χ3v) is 5.37. The molecule has 5 nitrogen and oxygen atoms in total. The lowest BCUT2D eigenvalue weighted by molar-refractivity contribution is 0.0950. The number of fused-ring (bicyclic) bond motifs is 1. The summed E-state index contributed by atoms with van der Waals surface area (Å²) in [5.74, 6) is 0.128. The van der Waals surface area contributed by atoms with Crippen LogP contribution in [-0.4, -0.2) is 16.7 Å². The van der Waals surface area contributed by atoms with Gasteiger partial charge in [-0.05, 0) is 31.2 Å². The Hall–Kier alpha value is -3.57. The summed E-state index contributed by atoms with van der Waals surface area (Å²) in [6.07, 6.45) is 3.70. The summed E-state index contributed by atoms with van der Waals surface area (Å²) < 4.78 is 8.01. The van der Waals surface area contributed by atoms with Gasteiger partial charge >= 0.3 is 0 Å². The van der Waals surface area contributed by atoms with Crippen LogP contribution in [0.4, 0.5) is 0 Å². The number of benzene rings is 3. The fourth-order valence-corrected chi connectivity index (χ4v) is 3.60. The zero-order valence-electron chi connectivity index (χ0n) is 17.1. The number of rotatable bonds is 7. The number of ether oxygens (including phenoxy) is 1. The van der Waals surface area contributed by atoms with Crippen LogP contribution in [0.25, 0.3) is 10.9 Å². The lowest BCUT2D eigenvalue weighted by Crippen LogP contribution is -2.18. The Kier molecular flexibility index (Phi) is 6.34. The largest absolute Gasteiger partial charge is 0.488 e. The summed E-state index contributed by atoms with van der Waals surface area (Å²) in [5.41, 5.74) is 5.94. The van der Waals surface area contributed by atoms with Gasteiger partial charge in [0.1, 0.15) is 12.4 Å². The lowest BCUT2D eigenvalue weighted by atomic mass is 10.2. The number of carbonyl (C=O) groups excluding carboxylic acids is 1. The molecule has 1 N–H and O–H groups in total. The summed E-state index contributed by atoms with van der Waals surface area (Å²) in [6, 6.07) is 22.6. The number of hydrogen-bond donors (Lipinski definition) is 1. The molecule has 0 fully saturated rings. The number of para-hydroxylation sites is 2. The molecule has 31 heavy (non-hydrogen) atoms. The smallest absolute Gasteiger partial charge is 0.275 e. The first kappa shape index (κ1) is 20.7. The normalized spacial score (nSPS) is 11.2. The number of carbonyl (C=O) groups is 1. The molecule has 0 unspecified atom stereocenters. The van der Waals surface area contributed by atoms with Crippen molar-refractivity contribution in [2.75, 3.05) is 0 Å². The van der Waals surface area contributed by atoms with Crippen LogP contribution in [0, 0.1) is 0 Å². The quantitative estimate of drug-likeness (QED) is 0.303. The Labute approximate surface area is 185 Å². The summed E-state index contributed by atoms with van der Waals surface area (Å²) in [6.45, 7) is 3.22. The molecule has 1 aromatic heterocycles. The van der Waals surface area contributed by atoms with Crippen molar-refractivity contribution < 1.29 is 9.53 Å². The number of halogens is 1. The molecule has 0 bridgehead atoms. The third-order valence-electron chi connectivity index (χ3n) is 5.00. The fraction of sp³-hybridized carbons (Fsp3) is 0.120. The van der Waals surface area contributed by atoms with Gasteiger partial charge < -0.3 is 9.30 Å². The van der Waals surface area contributed by atoms with Crippen LogP contribution in [0.5, 0.6) is 5.75 Å².